The Morgan fingerprint density at radius 2 is 2.11 bits per heavy atom. The fourth-order valence-electron chi connectivity index (χ4n) is 1.62. The first-order valence-corrected chi connectivity index (χ1v) is 9.36. The van der Waals surface area contributed by atoms with Crippen LogP contribution in [0.3, 0.4) is 0 Å². The molecule has 0 radical (unpaired) electrons. The van der Waals surface area contributed by atoms with Crippen LogP contribution < -0.4 is 0 Å². The van der Waals surface area contributed by atoms with Gasteiger partial charge in [-0.3, -0.25) is 4.57 Å². The maximum absolute atomic E-state index is 11.4. The predicted octanol–water partition coefficient (Wildman–Crippen LogP) is 3.26. The van der Waals surface area contributed by atoms with E-state index in [4.69, 9.17) is 10.7 Å². The number of hydrogen-bond donors (Lipinski definition) is 0. The van der Waals surface area contributed by atoms with Crippen LogP contribution in [0.4, 0.5) is 0 Å². The molecule has 0 bridgehead atoms. The molecule has 19 heavy (non-hydrogen) atoms. The van der Waals surface area contributed by atoms with Gasteiger partial charge in [0.15, 0.2) is 5.82 Å². The minimum Gasteiger partial charge on any atom is -0.297 e. The van der Waals surface area contributed by atoms with E-state index in [0.717, 1.165) is 13.6 Å². The number of halogens is 3. The van der Waals surface area contributed by atoms with E-state index < -0.39 is 9.05 Å². The van der Waals surface area contributed by atoms with Gasteiger partial charge < -0.3 is 0 Å². The third kappa shape index (κ3) is 3.11. The van der Waals surface area contributed by atoms with Crippen molar-refractivity contribution < 1.29 is 8.42 Å². The third-order valence-electron chi connectivity index (χ3n) is 2.42. The Morgan fingerprint density at radius 3 is 2.68 bits per heavy atom. The molecule has 0 saturated heterocycles. The van der Waals surface area contributed by atoms with Crippen molar-refractivity contribution in [3.63, 3.8) is 0 Å². The second-order valence-corrected chi connectivity index (χ2v) is 8.17. The number of aromatic nitrogens is 3. The molecule has 2 aromatic rings. The predicted molar refractivity (Wildman–Crippen MR) is 84.6 cm³/mol. The Hall–Kier alpha value is -0.190. The molecule has 2 rings (SSSR count). The smallest absolute Gasteiger partial charge is 0.296 e. The van der Waals surface area contributed by atoms with Gasteiger partial charge in [-0.15, -0.1) is 10.2 Å². The third-order valence-corrected chi connectivity index (χ3v) is 4.94. The minimum absolute atomic E-state index is 0.238. The van der Waals surface area contributed by atoms with Gasteiger partial charge in [-0.25, -0.2) is 8.42 Å². The largest absolute Gasteiger partial charge is 0.297 e. The van der Waals surface area contributed by atoms with E-state index in [1.807, 2.05) is 18.2 Å². The van der Waals surface area contributed by atoms with Gasteiger partial charge in [0.25, 0.3) is 14.2 Å². The van der Waals surface area contributed by atoms with Crippen LogP contribution in [-0.2, 0) is 15.6 Å². The van der Waals surface area contributed by atoms with Crippen molar-refractivity contribution in [2.45, 2.75) is 18.6 Å². The Labute approximate surface area is 137 Å². The molecule has 5 nitrogen and oxygen atoms in total. The van der Waals surface area contributed by atoms with Crippen LogP contribution in [0.15, 0.2) is 27.8 Å². The summed E-state index contributed by atoms with van der Waals surface area (Å²) in [4.78, 5) is 0. The van der Waals surface area contributed by atoms with Crippen molar-refractivity contribution in [2.24, 2.45) is 0 Å². The highest BCUT2D eigenvalue weighted by Crippen LogP contribution is 2.30. The van der Waals surface area contributed by atoms with Crippen molar-refractivity contribution >= 4 is 58.3 Å². The summed E-state index contributed by atoms with van der Waals surface area (Å²) in [6.45, 7) is 2.21. The summed E-state index contributed by atoms with van der Waals surface area (Å²) in [5.41, 5.74) is 0.771. The van der Waals surface area contributed by atoms with Gasteiger partial charge in [-0.2, -0.15) is 0 Å². The maximum atomic E-state index is 11.4. The van der Waals surface area contributed by atoms with Crippen molar-refractivity contribution in [2.75, 3.05) is 0 Å². The van der Waals surface area contributed by atoms with E-state index in [2.05, 4.69) is 48.7 Å². The van der Waals surface area contributed by atoms with Crippen LogP contribution >= 0.6 is 49.2 Å². The van der Waals surface area contributed by atoms with E-state index in [1.165, 1.54) is 4.57 Å². The SMILES string of the molecule is CCn1c(-c2cc(I)ccc2Br)nnc1S(=O)(=O)Cl. The summed E-state index contributed by atoms with van der Waals surface area (Å²) in [7, 11) is 1.44. The zero-order valence-electron chi connectivity index (χ0n) is 9.64. The average Bonchev–Trinajstić information content (AvgIpc) is 2.75. The lowest BCUT2D eigenvalue weighted by atomic mass is 10.2. The molecule has 0 atom stereocenters. The van der Waals surface area contributed by atoms with Gasteiger partial charge >= 0.3 is 0 Å². The van der Waals surface area contributed by atoms with Crippen molar-refractivity contribution in [1.82, 2.24) is 14.8 Å². The summed E-state index contributed by atoms with van der Waals surface area (Å²) < 4.78 is 26.2. The van der Waals surface area contributed by atoms with Crippen molar-refractivity contribution in [1.29, 1.82) is 0 Å². The fraction of sp³-hybridized carbons (Fsp3) is 0.200. The molecule has 0 unspecified atom stereocenters. The second-order valence-electron chi connectivity index (χ2n) is 3.61. The van der Waals surface area contributed by atoms with E-state index in [-0.39, 0.29) is 5.16 Å². The first-order chi connectivity index (χ1) is 8.84. The molecule has 0 amide bonds. The standard InChI is InChI=1S/C10H8BrClIN3O2S/c1-2-16-9(14-15-10(16)19(12,17)18)7-5-6(13)3-4-8(7)11/h3-5H,2H2,1H3. The van der Waals surface area contributed by atoms with Gasteiger partial charge in [0.1, 0.15) is 0 Å². The molecular weight excluding hydrogens is 468 g/mol. The summed E-state index contributed by atoms with van der Waals surface area (Å²) in [5, 5.41) is 7.38. The average molecular weight is 477 g/mol. The summed E-state index contributed by atoms with van der Waals surface area (Å²) in [5.74, 6) is 0.465. The molecule has 9 heteroatoms. The number of benzene rings is 1. The Bertz CT molecular complexity index is 732. The molecule has 0 aliphatic carbocycles. The topological polar surface area (TPSA) is 64.8 Å². The van der Waals surface area contributed by atoms with E-state index in [0.29, 0.717) is 12.4 Å². The van der Waals surface area contributed by atoms with Crippen LogP contribution in [-0.4, -0.2) is 23.2 Å². The fourth-order valence-corrected chi connectivity index (χ4v) is 3.50. The van der Waals surface area contributed by atoms with E-state index >= 15 is 0 Å². The molecule has 102 valence electrons. The zero-order valence-corrected chi connectivity index (χ0v) is 15.0. The Morgan fingerprint density at radius 1 is 1.42 bits per heavy atom. The monoisotopic (exact) mass is 475 g/mol. The molecule has 1 heterocycles. The first-order valence-electron chi connectivity index (χ1n) is 5.18. The quantitative estimate of drug-likeness (QED) is 0.504. The first kappa shape index (κ1) is 15.2. The number of rotatable bonds is 3. The second kappa shape index (κ2) is 5.66. The van der Waals surface area contributed by atoms with E-state index in [9.17, 15) is 8.42 Å². The Balaban J connectivity index is 2.70. The van der Waals surface area contributed by atoms with Gasteiger partial charge in [0.2, 0.25) is 0 Å². The molecule has 0 aliphatic rings. The summed E-state index contributed by atoms with van der Waals surface area (Å²) >= 11 is 5.60. The van der Waals surface area contributed by atoms with E-state index in [1.54, 1.807) is 6.92 Å². The van der Waals surface area contributed by atoms with Gasteiger partial charge in [0, 0.05) is 30.8 Å². The molecule has 0 spiro atoms. The van der Waals surface area contributed by atoms with Gasteiger partial charge in [0.05, 0.1) is 0 Å². The van der Waals surface area contributed by atoms with Crippen LogP contribution in [0, 0.1) is 3.57 Å². The van der Waals surface area contributed by atoms with Crippen LogP contribution in [0.5, 0.6) is 0 Å². The van der Waals surface area contributed by atoms with Gasteiger partial charge in [-0.1, -0.05) is 15.9 Å². The lowest BCUT2D eigenvalue weighted by molar-refractivity contribution is 0.582. The molecule has 0 aliphatic heterocycles. The molecule has 0 saturated carbocycles. The highest BCUT2D eigenvalue weighted by atomic mass is 127. The molecular formula is C10H8BrClIN3O2S. The minimum atomic E-state index is -3.91. The molecule has 1 aromatic heterocycles. The van der Waals surface area contributed by atoms with Crippen LogP contribution in [0.25, 0.3) is 11.4 Å². The lowest BCUT2D eigenvalue weighted by Gasteiger charge is -2.07. The normalized spacial score (nSPS) is 11.8. The zero-order chi connectivity index (χ0) is 14.2. The summed E-state index contributed by atoms with van der Waals surface area (Å²) in [6, 6.07) is 5.70. The highest BCUT2D eigenvalue weighted by Gasteiger charge is 2.23. The van der Waals surface area contributed by atoms with Crippen molar-refractivity contribution in [3.8, 4) is 11.4 Å². The maximum Gasteiger partial charge on any atom is 0.296 e. The molecule has 0 N–H and O–H groups in total. The van der Waals surface area contributed by atoms with Crippen molar-refractivity contribution in [3.05, 3.63) is 26.2 Å². The number of nitrogens with zero attached hydrogens (tertiary/aromatic N) is 3. The molecule has 0 fully saturated rings. The summed E-state index contributed by atoms with van der Waals surface area (Å²) in [6.07, 6.45) is 0. The Kier molecular flexibility index (Phi) is 4.53. The molecule has 1 aromatic carbocycles. The number of hydrogen-bond acceptors (Lipinski definition) is 4. The highest BCUT2D eigenvalue weighted by molar-refractivity contribution is 14.1. The van der Waals surface area contributed by atoms with Crippen LogP contribution in [0.1, 0.15) is 6.92 Å². The van der Waals surface area contributed by atoms with Crippen LogP contribution in [0.2, 0.25) is 0 Å². The van der Waals surface area contributed by atoms with Gasteiger partial charge in [-0.05, 0) is 47.7 Å². The lowest BCUT2D eigenvalue weighted by Crippen LogP contribution is -2.06.